The average Bonchev–Trinajstić information content (AvgIpc) is 2.35. The van der Waals surface area contributed by atoms with Gasteiger partial charge >= 0.3 is 6.18 Å². The van der Waals surface area contributed by atoms with Gasteiger partial charge in [-0.2, -0.15) is 13.2 Å². The molecule has 19 heavy (non-hydrogen) atoms. The summed E-state index contributed by atoms with van der Waals surface area (Å²) in [5, 5.41) is 10.1. The van der Waals surface area contributed by atoms with Crippen LogP contribution in [0.5, 0.6) is 0 Å². The highest BCUT2D eigenvalue weighted by atomic mass is 19.4. The van der Waals surface area contributed by atoms with E-state index in [4.69, 9.17) is 5.11 Å². The molecule has 0 bridgehead atoms. The number of carbonyl (C=O) groups excluding carboxylic acids is 1. The van der Waals surface area contributed by atoms with E-state index in [0.717, 1.165) is 12.1 Å². The molecule has 2 N–H and O–H groups in total. The predicted molar refractivity (Wildman–Crippen MR) is 55.8 cm³/mol. The van der Waals surface area contributed by atoms with E-state index < -0.39 is 36.7 Å². The summed E-state index contributed by atoms with van der Waals surface area (Å²) in [5.41, 5.74) is -1.12. The number of halogens is 5. The van der Waals surface area contributed by atoms with Crippen LogP contribution in [0.1, 0.15) is 15.9 Å². The summed E-state index contributed by atoms with van der Waals surface area (Å²) in [5.74, 6) is -4.41. The molecule has 0 unspecified atom stereocenters. The Kier molecular flexibility index (Phi) is 4.46. The molecule has 106 valence electrons. The largest absolute Gasteiger partial charge is 0.416 e. The van der Waals surface area contributed by atoms with Gasteiger partial charge in [0.15, 0.2) is 0 Å². The normalized spacial score (nSPS) is 12.3. The lowest BCUT2D eigenvalue weighted by Gasteiger charge is -2.14. The molecule has 0 saturated carbocycles. The summed E-state index contributed by atoms with van der Waals surface area (Å²) in [6.45, 7) is -2.52. The first kappa shape index (κ1) is 15.4. The second kappa shape index (κ2) is 5.52. The van der Waals surface area contributed by atoms with E-state index >= 15 is 0 Å². The summed E-state index contributed by atoms with van der Waals surface area (Å²) in [6, 6.07) is 3.13. The van der Waals surface area contributed by atoms with Crippen molar-refractivity contribution in [1.29, 1.82) is 0 Å². The highest BCUT2D eigenvalue weighted by Gasteiger charge is 2.31. The van der Waals surface area contributed by atoms with Gasteiger partial charge < -0.3 is 10.4 Å². The fourth-order valence-corrected chi connectivity index (χ4v) is 1.18. The minimum absolute atomic E-state index is 0.179. The third-order valence-electron chi connectivity index (χ3n) is 2.21. The van der Waals surface area contributed by atoms with E-state index in [2.05, 4.69) is 0 Å². The smallest absolute Gasteiger partial charge is 0.390 e. The Morgan fingerprint density at radius 1 is 1.11 bits per heavy atom. The van der Waals surface area contributed by atoms with Crippen molar-refractivity contribution in [3.63, 3.8) is 0 Å². The number of benzene rings is 1. The summed E-state index contributed by atoms with van der Waals surface area (Å²) < 4.78 is 62.0. The molecular formula is C11H10F5NO2. The maximum Gasteiger partial charge on any atom is 0.416 e. The van der Waals surface area contributed by atoms with E-state index in [9.17, 15) is 26.7 Å². The van der Waals surface area contributed by atoms with Crippen molar-refractivity contribution in [2.24, 2.45) is 0 Å². The van der Waals surface area contributed by atoms with E-state index in [-0.39, 0.29) is 5.56 Å². The van der Waals surface area contributed by atoms with Crippen molar-refractivity contribution in [2.45, 2.75) is 12.1 Å². The van der Waals surface area contributed by atoms with Crippen LogP contribution in [0.2, 0.25) is 0 Å². The number of aliphatic hydroxyl groups is 1. The van der Waals surface area contributed by atoms with Crippen molar-refractivity contribution in [2.75, 3.05) is 13.2 Å². The van der Waals surface area contributed by atoms with E-state index in [1.807, 2.05) is 5.32 Å². The van der Waals surface area contributed by atoms with Gasteiger partial charge in [0, 0.05) is 5.56 Å². The van der Waals surface area contributed by atoms with Crippen LogP contribution >= 0.6 is 0 Å². The second-order valence-electron chi connectivity index (χ2n) is 3.77. The van der Waals surface area contributed by atoms with Crippen LogP contribution in [-0.2, 0) is 6.18 Å². The third-order valence-corrected chi connectivity index (χ3v) is 2.21. The summed E-state index contributed by atoms with van der Waals surface area (Å²) in [4.78, 5) is 11.4. The monoisotopic (exact) mass is 283 g/mol. The molecule has 0 aliphatic carbocycles. The van der Waals surface area contributed by atoms with E-state index in [1.165, 1.54) is 0 Å². The maximum absolute atomic E-state index is 12.6. The van der Waals surface area contributed by atoms with Gasteiger partial charge in [0.1, 0.15) is 6.61 Å². The lowest BCUT2D eigenvalue weighted by atomic mass is 10.1. The summed E-state index contributed by atoms with van der Waals surface area (Å²) in [6.07, 6.45) is -4.53. The van der Waals surface area contributed by atoms with Crippen LogP contribution in [0.4, 0.5) is 22.0 Å². The van der Waals surface area contributed by atoms with Gasteiger partial charge in [-0.25, -0.2) is 8.78 Å². The van der Waals surface area contributed by atoms with Gasteiger partial charge in [-0.05, 0) is 24.3 Å². The lowest BCUT2D eigenvalue weighted by Crippen LogP contribution is -2.38. The zero-order valence-electron chi connectivity index (χ0n) is 9.47. The van der Waals surface area contributed by atoms with Crippen molar-refractivity contribution in [3.8, 4) is 0 Å². The second-order valence-corrected chi connectivity index (χ2v) is 3.77. The first-order valence-corrected chi connectivity index (χ1v) is 5.10. The molecule has 0 atom stereocenters. The Morgan fingerprint density at radius 2 is 1.63 bits per heavy atom. The number of nitrogens with one attached hydrogen (secondary N) is 1. The van der Waals surface area contributed by atoms with E-state index in [0.29, 0.717) is 12.1 Å². The molecule has 0 spiro atoms. The standard InChI is InChI=1S/C11H10F5NO2/c12-10(13,6-18)5-17-9(19)7-1-3-8(4-2-7)11(14,15)16/h1-4,18H,5-6H2,(H,17,19). The van der Waals surface area contributed by atoms with Crippen LogP contribution in [-0.4, -0.2) is 30.1 Å². The highest BCUT2D eigenvalue weighted by Crippen LogP contribution is 2.29. The van der Waals surface area contributed by atoms with Gasteiger partial charge in [-0.15, -0.1) is 0 Å². The minimum atomic E-state index is -4.53. The van der Waals surface area contributed by atoms with E-state index in [1.54, 1.807) is 0 Å². The SMILES string of the molecule is O=C(NCC(F)(F)CO)c1ccc(C(F)(F)F)cc1. The molecule has 0 aliphatic rings. The topological polar surface area (TPSA) is 49.3 Å². The Morgan fingerprint density at radius 3 is 2.05 bits per heavy atom. The van der Waals surface area contributed by atoms with Crippen molar-refractivity contribution in [1.82, 2.24) is 5.32 Å². The molecule has 0 aromatic heterocycles. The van der Waals surface area contributed by atoms with Gasteiger partial charge in [-0.3, -0.25) is 4.79 Å². The Balaban J connectivity index is 2.69. The Labute approximate surface area is 105 Å². The molecule has 0 radical (unpaired) electrons. The lowest BCUT2D eigenvalue weighted by molar-refractivity contribution is -0.137. The molecule has 0 heterocycles. The fraction of sp³-hybridized carbons (Fsp3) is 0.364. The zero-order chi connectivity index (χ0) is 14.7. The number of hydrogen-bond donors (Lipinski definition) is 2. The quantitative estimate of drug-likeness (QED) is 0.831. The first-order chi connectivity index (χ1) is 8.65. The number of carbonyl (C=O) groups is 1. The molecule has 0 aliphatic heterocycles. The Hall–Kier alpha value is -1.70. The molecule has 8 heteroatoms. The van der Waals surface area contributed by atoms with Crippen LogP contribution in [0.3, 0.4) is 0 Å². The highest BCUT2D eigenvalue weighted by molar-refractivity contribution is 5.94. The van der Waals surface area contributed by atoms with Crippen LogP contribution in [0, 0.1) is 0 Å². The van der Waals surface area contributed by atoms with Crippen molar-refractivity contribution < 1.29 is 31.9 Å². The van der Waals surface area contributed by atoms with Crippen LogP contribution in [0.25, 0.3) is 0 Å². The number of hydrogen-bond acceptors (Lipinski definition) is 2. The summed E-state index contributed by atoms with van der Waals surface area (Å²) >= 11 is 0. The van der Waals surface area contributed by atoms with Crippen LogP contribution in [0.15, 0.2) is 24.3 Å². The fourth-order valence-electron chi connectivity index (χ4n) is 1.18. The predicted octanol–water partition coefficient (Wildman–Crippen LogP) is 2.06. The Bertz CT molecular complexity index is 441. The minimum Gasteiger partial charge on any atom is -0.390 e. The molecule has 0 saturated heterocycles. The molecule has 1 amide bonds. The third kappa shape index (κ3) is 4.47. The molecule has 1 aromatic carbocycles. The molecule has 3 nitrogen and oxygen atoms in total. The molecule has 1 rings (SSSR count). The first-order valence-electron chi connectivity index (χ1n) is 5.10. The number of alkyl halides is 5. The number of rotatable bonds is 4. The maximum atomic E-state index is 12.6. The molecular weight excluding hydrogens is 273 g/mol. The van der Waals surface area contributed by atoms with Gasteiger partial charge in [0.05, 0.1) is 12.1 Å². The summed E-state index contributed by atoms with van der Waals surface area (Å²) in [7, 11) is 0. The zero-order valence-corrected chi connectivity index (χ0v) is 9.47. The number of aliphatic hydroxyl groups excluding tert-OH is 1. The molecule has 0 fully saturated rings. The molecule has 1 aromatic rings. The van der Waals surface area contributed by atoms with Crippen molar-refractivity contribution >= 4 is 5.91 Å². The van der Waals surface area contributed by atoms with Gasteiger partial charge in [-0.1, -0.05) is 0 Å². The van der Waals surface area contributed by atoms with Gasteiger partial charge in [0.2, 0.25) is 0 Å². The average molecular weight is 283 g/mol. The van der Waals surface area contributed by atoms with Gasteiger partial charge in [0.25, 0.3) is 11.8 Å². The van der Waals surface area contributed by atoms with Crippen molar-refractivity contribution in [3.05, 3.63) is 35.4 Å². The number of amides is 1. The van der Waals surface area contributed by atoms with Crippen LogP contribution < -0.4 is 5.32 Å².